The number of aldehydes is 1. The number of rotatable bonds is 2. The zero-order valence-electron chi connectivity index (χ0n) is 8.28. The molecule has 6 nitrogen and oxygen atoms in total. The largest absolute Gasteiger partial charge is 0.726 e. The monoisotopic (exact) mass is 233 g/mol. The number of pyridine rings is 1. The molecule has 0 fully saturated rings. The van der Waals surface area contributed by atoms with Crippen LogP contribution >= 0.6 is 0 Å². The summed E-state index contributed by atoms with van der Waals surface area (Å²) in [6, 6.07) is 3.54. The number of hydrogen-bond donors (Lipinski definition) is 0. The lowest BCUT2D eigenvalue weighted by Gasteiger charge is -1.98. The van der Waals surface area contributed by atoms with Crippen LogP contribution in [-0.2, 0) is 21.6 Å². The van der Waals surface area contributed by atoms with Crippen molar-refractivity contribution < 1.29 is 26.5 Å². The molecular formula is C8H11NO5S. The van der Waals surface area contributed by atoms with Gasteiger partial charge < -0.3 is 4.55 Å². The van der Waals surface area contributed by atoms with Crippen LogP contribution in [0.15, 0.2) is 24.5 Å². The van der Waals surface area contributed by atoms with Crippen LogP contribution in [0.5, 0.6) is 0 Å². The smallest absolute Gasteiger partial charge is 0.217 e. The molecule has 0 spiro atoms. The van der Waals surface area contributed by atoms with Gasteiger partial charge in [-0.15, -0.1) is 0 Å². The maximum Gasteiger partial charge on any atom is 0.217 e. The Morgan fingerprint density at radius 1 is 1.40 bits per heavy atom. The molecule has 0 radical (unpaired) electrons. The molecule has 0 aliphatic heterocycles. The van der Waals surface area contributed by atoms with E-state index in [1.807, 2.05) is 24.0 Å². The Morgan fingerprint density at radius 3 is 2.07 bits per heavy atom. The van der Waals surface area contributed by atoms with E-state index < -0.39 is 10.4 Å². The second-order valence-corrected chi connectivity index (χ2v) is 3.64. The van der Waals surface area contributed by atoms with E-state index in [9.17, 15) is 17.8 Å². The Kier molecular flexibility index (Phi) is 5.68. The highest BCUT2D eigenvalue weighted by molar-refractivity contribution is 7.80. The van der Waals surface area contributed by atoms with Gasteiger partial charge in [0, 0.05) is 17.7 Å². The van der Waals surface area contributed by atoms with Crippen molar-refractivity contribution in [3.63, 3.8) is 0 Å². The molecule has 0 bridgehead atoms. The van der Waals surface area contributed by atoms with Crippen molar-refractivity contribution in [3.05, 3.63) is 30.1 Å². The Balaban J connectivity index is 0.000000288. The normalized spacial score (nSPS) is 10.1. The van der Waals surface area contributed by atoms with Gasteiger partial charge in [-0.1, -0.05) is 0 Å². The Labute approximate surface area is 88.1 Å². The average Bonchev–Trinajstić information content (AvgIpc) is 2.19. The van der Waals surface area contributed by atoms with E-state index in [4.69, 9.17) is 0 Å². The van der Waals surface area contributed by atoms with Crippen molar-refractivity contribution in [2.75, 3.05) is 7.11 Å². The first kappa shape index (κ1) is 13.7. The second kappa shape index (κ2) is 6.23. The Hall–Kier alpha value is -1.31. The summed E-state index contributed by atoms with van der Waals surface area (Å²) in [5.74, 6) is 0. The molecule has 0 N–H and O–H groups in total. The van der Waals surface area contributed by atoms with Crippen molar-refractivity contribution in [3.8, 4) is 0 Å². The van der Waals surface area contributed by atoms with Gasteiger partial charge >= 0.3 is 0 Å². The molecule has 0 unspecified atom stereocenters. The summed E-state index contributed by atoms with van der Waals surface area (Å²) in [6.07, 6.45) is 4.51. The minimum Gasteiger partial charge on any atom is -0.726 e. The van der Waals surface area contributed by atoms with Crippen LogP contribution in [0.1, 0.15) is 10.4 Å². The zero-order valence-corrected chi connectivity index (χ0v) is 9.10. The molecule has 0 amide bonds. The number of aryl methyl sites for hydroxylation is 1. The van der Waals surface area contributed by atoms with E-state index >= 15 is 0 Å². The summed E-state index contributed by atoms with van der Waals surface area (Å²) in [4.78, 5) is 10.1. The third-order valence-corrected chi connectivity index (χ3v) is 1.75. The molecule has 0 aromatic carbocycles. The van der Waals surface area contributed by atoms with Gasteiger partial charge in [-0.3, -0.25) is 8.98 Å². The molecule has 1 aromatic heterocycles. The number of hydrogen-bond acceptors (Lipinski definition) is 5. The van der Waals surface area contributed by atoms with Gasteiger partial charge in [-0.2, -0.15) is 0 Å². The van der Waals surface area contributed by atoms with Crippen LogP contribution in [0.3, 0.4) is 0 Å². The molecule has 1 aromatic rings. The average molecular weight is 233 g/mol. The summed E-state index contributed by atoms with van der Waals surface area (Å²) >= 11 is 0. The molecular weight excluding hydrogens is 222 g/mol. The molecule has 0 saturated heterocycles. The Bertz CT molecular complexity index is 398. The molecule has 0 atom stereocenters. The minimum absolute atomic E-state index is 0.716. The van der Waals surface area contributed by atoms with Crippen LogP contribution in [0.2, 0.25) is 0 Å². The minimum atomic E-state index is -4.41. The first-order chi connectivity index (χ1) is 6.89. The molecule has 0 saturated carbocycles. The number of aromatic nitrogens is 1. The Morgan fingerprint density at radius 2 is 1.80 bits per heavy atom. The first-order valence-corrected chi connectivity index (χ1v) is 5.14. The van der Waals surface area contributed by atoms with Crippen LogP contribution < -0.4 is 4.57 Å². The highest BCUT2D eigenvalue weighted by Gasteiger charge is 1.90. The van der Waals surface area contributed by atoms with Gasteiger partial charge in [0.2, 0.25) is 10.4 Å². The highest BCUT2D eigenvalue weighted by atomic mass is 32.3. The number of carbonyl (C=O) groups is 1. The maximum absolute atomic E-state index is 10.1. The standard InChI is InChI=1S/C7H8NO.CH4O4S/c1-8-4-2-7(6-9)3-5-8;1-5-6(2,3)4/h2-6H,1H3;1H3,(H,2,3,4)/q+1;/p-1. The van der Waals surface area contributed by atoms with Crippen LogP contribution in [0.25, 0.3) is 0 Å². The molecule has 1 heterocycles. The molecule has 0 aliphatic carbocycles. The summed E-state index contributed by atoms with van der Waals surface area (Å²) in [7, 11) is -1.69. The third-order valence-electron chi connectivity index (χ3n) is 1.34. The lowest BCUT2D eigenvalue weighted by molar-refractivity contribution is -0.671. The van der Waals surface area contributed by atoms with Gasteiger partial charge in [0.05, 0.1) is 7.11 Å². The van der Waals surface area contributed by atoms with Crippen LogP contribution in [0.4, 0.5) is 0 Å². The van der Waals surface area contributed by atoms with E-state index in [-0.39, 0.29) is 0 Å². The molecule has 7 heteroatoms. The fraction of sp³-hybridized carbons (Fsp3) is 0.250. The quantitative estimate of drug-likeness (QED) is 0.295. The van der Waals surface area contributed by atoms with Crippen molar-refractivity contribution in [1.82, 2.24) is 0 Å². The predicted molar refractivity (Wildman–Crippen MR) is 49.7 cm³/mol. The fourth-order valence-electron chi connectivity index (χ4n) is 0.591. The van der Waals surface area contributed by atoms with E-state index in [2.05, 4.69) is 4.18 Å². The van der Waals surface area contributed by atoms with E-state index in [1.54, 1.807) is 12.1 Å². The fourth-order valence-corrected chi connectivity index (χ4v) is 0.591. The molecule has 84 valence electrons. The second-order valence-electron chi connectivity index (χ2n) is 2.49. The predicted octanol–water partition coefficient (Wildman–Crippen LogP) is -0.583. The van der Waals surface area contributed by atoms with Crippen molar-refractivity contribution in [1.29, 1.82) is 0 Å². The van der Waals surface area contributed by atoms with E-state index in [1.165, 1.54) is 0 Å². The highest BCUT2D eigenvalue weighted by Crippen LogP contribution is 1.86. The van der Waals surface area contributed by atoms with Crippen LogP contribution in [0, 0.1) is 0 Å². The van der Waals surface area contributed by atoms with Gasteiger partial charge in [-0.25, -0.2) is 13.0 Å². The number of carbonyl (C=O) groups excluding carboxylic acids is 1. The zero-order chi connectivity index (χ0) is 11.9. The summed E-state index contributed by atoms with van der Waals surface area (Å²) in [5, 5.41) is 0. The summed E-state index contributed by atoms with van der Waals surface area (Å²) in [6.45, 7) is 0. The molecule has 15 heavy (non-hydrogen) atoms. The van der Waals surface area contributed by atoms with Gasteiger partial charge in [0.1, 0.15) is 7.05 Å². The first-order valence-electron chi connectivity index (χ1n) is 3.81. The maximum atomic E-state index is 10.1. The van der Waals surface area contributed by atoms with E-state index in [0.717, 1.165) is 13.4 Å². The summed E-state index contributed by atoms with van der Waals surface area (Å²) < 4.78 is 32.9. The SMILES string of the molecule is COS(=O)(=O)[O-].C[n+]1ccc(C=O)cc1. The topological polar surface area (TPSA) is 87.4 Å². The van der Waals surface area contributed by atoms with Gasteiger partial charge in [-0.05, 0) is 0 Å². The van der Waals surface area contributed by atoms with Gasteiger partial charge in [0.15, 0.2) is 18.7 Å². The number of nitrogens with zero attached hydrogens (tertiary/aromatic N) is 1. The molecule has 0 aliphatic rings. The lowest BCUT2D eigenvalue weighted by atomic mass is 10.3. The summed E-state index contributed by atoms with van der Waals surface area (Å²) in [5.41, 5.74) is 0.716. The van der Waals surface area contributed by atoms with Crippen molar-refractivity contribution in [2.24, 2.45) is 7.05 Å². The van der Waals surface area contributed by atoms with Gasteiger partial charge in [0.25, 0.3) is 0 Å². The third kappa shape index (κ3) is 7.74. The lowest BCUT2D eigenvalue weighted by Crippen LogP contribution is -2.25. The van der Waals surface area contributed by atoms with Crippen molar-refractivity contribution >= 4 is 16.7 Å². The van der Waals surface area contributed by atoms with Crippen molar-refractivity contribution in [2.45, 2.75) is 0 Å². The van der Waals surface area contributed by atoms with E-state index in [0.29, 0.717) is 5.56 Å². The molecule has 1 rings (SSSR count). The van der Waals surface area contributed by atoms with Crippen LogP contribution in [-0.4, -0.2) is 26.4 Å².